The molecule has 1 heterocycles. The largest absolute Gasteiger partial charge is 0.378 e. The Labute approximate surface area is 121 Å². The Bertz CT molecular complexity index is 602. The normalized spacial score (nSPS) is 10.3. The zero-order valence-electron chi connectivity index (χ0n) is 12.6. The molecular formula is C18H22N2. The van der Waals surface area contributed by atoms with Crippen molar-refractivity contribution in [2.75, 3.05) is 13.6 Å². The van der Waals surface area contributed by atoms with Crippen LogP contribution in [0.3, 0.4) is 0 Å². The van der Waals surface area contributed by atoms with Crippen LogP contribution in [0, 0.1) is 6.92 Å². The summed E-state index contributed by atoms with van der Waals surface area (Å²) in [5.74, 6) is 0. The number of pyridine rings is 1. The van der Waals surface area contributed by atoms with Gasteiger partial charge in [-0.3, -0.25) is 4.98 Å². The number of aryl methyl sites for hydroxylation is 1. The highest BCUT2D eigenvalue weighted by Gasteiger charge is 2.04. The van der Waals surface area contributed by atoms with Crippen molar-refractivity contribution in [2.45, 2.75) is 20.3 Å². The van der Waals surface area contributed by atoms with Gasteiger partial charge in [0, 0.05) is 37.5 Å². The summed E-state index contributed by atoms with van der Waals surface area (Å²) in [6, 6.07) is 12.7. The van der Waals surface area contributed by atoms with Crippen LogP contribution in [0.4, 0.5) is 0 Å². The maximum absolute atomic E-state index is 4.45. The van der Waals surface area contributed by atoms with E-state index in [9.17, 15) is 0 Å². The standard InChI is InChI=1S/C18H22N2/c1-5-20(4)15(3)12-16-7-6-8-17(13-16)18-11-14(2)9-10-19-18/h6-11,13H,3,5,12H2,1-2,4H3. The number of aromatic nitrogens is 1. The van der Waals surface area contributed by atoms with Gasteiger partial charge >= 0.3 is 0 Å². The molecule has 104 valence electrons. The van der Waals surface area contributed by atoms with Crippen LogP contribution >= 0.6 is 0 Å². The molecule has 20 heavy (non-hydrogen) atoms. The minimum atomic E-state index is 0.879. The first-order valence-electron chi connectivity index (χ1n) is 7.01. The summed E-state index contributed by atoms with van der Waals surface area (Å²) in [5, 5.41) is 0. The second-order valence-electron chi connectivity index (χ2n) is 5.18. The monoisotopic (exact) mass is 266 g/mol. The van der Waals surface area contributed by atoms with Gasteiger partial charge in [-0.25, -0.2) is 0 Å². The second-order valence-corrected chi connectivity index (χ2v) is 5.18. The van der Waals surface area contributed by atoms with Crippen LogP contribution in [0.5, 0.6) is 0 Å². The Morgan fingerprint density at radius 2 is 2.05 bits per heavy atom. The average Bonchev–Trinajstić information content (AvgIpc) is 2.46. The van der Waals surface area contributed by atoms with Crippen molar-refractivity contribution < 1.29 is 0 Å². The van der Waals surface area contributed by atoms with Crippen LogP contribution < -0.4 is 0 Å². The average molecular weight is 266 g/mol. The van der Waals surface area contributed by atoms with Gasteiger partial charge in [0.15, 0.2) is 0 Å². The Morgan fingerprint density at radius 3 is 2.75 bits per heavy atom. The van der Waals surface area contributed by atoms with E-state index in [1.54, 1.807) is 0 Å². The van der Waals surface area contributed by atoms with Gasteiger partial charge in [0.05, 0.1) is 5.69 Å². The molecule has 0 spiro atoms. The predicted molar refractivity (Wildman–Crippen MR) is 85.6 cm³/mol. The van der Waals surface area contributed by atoms with E-state index in [1.165, 1.54) is 11.1 Å². The molecule has 2 nitrogen and oxygen atoms in total. The molecule has 0 aliphatic carbocycles. The molecule has 0 aliphatic rings. The molecular weight excluding hydrogens is 244 g/mol. The Balaban J connectivity index is 2.22. The van der Waals surface area contributed by atoms with E-state index >= 15 is 0 Å². The van der Waals surface area contributed by atoms with Crippen molar-refractivity contribution in [3.05, 3.63) is 66.0 Å². The van der Waals surface area contributed by atoms with Gasteiger partial charge in [0.25, 0.3) is 0 Å². The van der Waals surface area contributed by atoms with Crippen molar-refractivity contribution in [2.24, 2.45) is 0 Å². The molecule has 0 radical (unpaired) electrons. The number of hydrogen-bond acceptors (Lipinski definition) is 2. The topological polar surface area (TPSA) is 16.1 Å². The van der Waals surface area contributed by atoms with Crippen LogP contribution in [-0.4, -0.2) is 23.5 Å². The predicted octanol–water partition coefficient (Wildman–Crippen LogP) is 4.06. The smallest absolute Gasteiger partial charge is 0.0704 e. The van der Waals surface area contributed by atoms with Gasteiger partial charge < -0.3 is 4.90 Å². The lowest BCUT2D eigenvalue weighted by Gasteiger charge is -2.19. The number of benzene rings is 1. The number of hydrogen-bond donors (Lipinski definition) is 0. The third-order valence-corrected chi connectivity index (χ3v) is 3.56. The fourth-order valence-electron chi connectivity index (χ4n) is 2.13. The van der Waals surface area contributed by atoms with Gasteiger partial charge in [0.1, 0.15) is 0 Å². The minimum absolute atomic E-state index is 0.879. The Kier molecular flexibility index (Phi) is 4.57. The van der Waals surface area contributed by atoms with E-state index in [0.29, 0.717) is 0 Å². The van der Waals surface area contributed by atoms with Crippen molar-refractivity contribution >= 4 is 0 Å². The van der Waals surface area contributed by atoms with Crippen molar-refractivity contribution in [1.82, 2.24) is 9.88 Å². The van der Waals surface area contributed by atoms with Gasteiger partial charge in [-0.1, -0.05) is 24.8 Å². The molecule has 2 rings (SSSR count). The fourth-order valence-corrected chi connectivity index (χ4v) is 2.13. The maximum atomic E-state index is 4.45. The summed E-state index contributed by atoms with van der Waals surface area (Å²) < 4.78 is 0. The number of allylic oxidation sites excluding steroid dienone is 1. The summed E-state index contributed by atoms with van der Waals surface area (Å²) in [6.07, 6.45) is 2.74. The first-order valence-corrected chi connectivity index (χ1v) is 7.01. The van der Waals surface area contributed by atoms with E-state index in [0.717, 1.165) is 29.9 Å². The summed E-state index contributed by atoms with van der Waals surface area (Å²) in [5.41, 5.74) is 5.84. The third kappa shape index (κ3) is 3.47. The van der Waals surface area contributed by atoms with Crippen molar-refractivity contribution in [1.29, 1.82) is 0 Å². The molecule has 1 aromatic carbocycles. The molecule has 0 amide bonds. The highest BCUT2D eigenvalue weighted by atomic mass is 15.1. The highest BCUT2D eigenvalue weighted by Crippen LogP contribution is 2.20. The van der Waals surface area contributed by atoms with Gasteiger partial charge in [-0.2, -0.15) is 0 Å². The zero-order valence-corrected chi connectivity index (χ0v) is 12.6. The number of nitrogens with zero attached hydrogens (tertiary/aromatic N) is 2. The minimum Gasteiger partial charge on any atom is -0.378 e. The lowest BCUT2D eigenvalue weighted by atomic mass is 10.0. The molecule has 0 saturated carbocycles. The molecule has 2 heteroatoms. The van der Waals surface area contributed by atoms with Gasteiger partial charge in [0.2, 0.25) is 0 Å². The van der Waals surface area contributed by atoms with Crippen LogP contribution in [0.2, 0.25) is 0 Å². The SMILES string of the molecule is C=C(Cc1cccc(-c2cc(C)ccn2)c1)N(C)CC. The van der Waals surface area contributed by atoms with Crippen LogP contribution in [0.25, 0.3) is 11.3 Å². The van der Waals surface area contributed by atoms with E-state index in [1.807, 2.05) is 12.3 Å². The summed E-state index contributed by atoms with van der Waals surface area (Å²) in [4.78, 5) is 6.63. The van der Waals surface area contributed by atoms with E-state index in [2.05, 4.69) is 67.7 Å². The lowest BCUT2D eigenvalue weighted by Crippen LogP contribution is -2.17. The highest BCUT2D eigenvalue weighted by molar-refractivity contribution is 5.60. The van der Waals surface area contributed by atoms with Crippen LogP contribution in [0.1, 0.15) is 18.1 Å². The Morgan fingerprint density at radius 1 is 1.25 bits per heavy atom. The maximum Gasteiger partial charge on any atom is 0.0704 e. The van der Waals surface area contributed by atoms with Gasteiger partial charge in [-0.15, -0.1) is 0 Å². The summed E-state index contributed by atoms with van der Waals surface area (Å²) in [7, 11) is 2.08. The quantitative estimate of drug-likeness (QED) is 0.811. The molecule has 2 aromatic rings. The lowest BCUT2D eigenvalue weighted by molar-refractivity contribution is 0.433. The summed E-state index contributed by atoms with van der Waals surface area (Å²) >= 11 is 0. The number of rotatable bonds is 5. The van der Waals surface area contributed by atoms with E-state index in [4.69, 9.17) is 0 Å². The molecule has 0 fully saturated rings. The molecule has 0 atom stereocenters. The number of likely N-dealkylation sites (N-methyl/N-ethyl adjacent to an activating group) is 1. The van der Waals surface area contributed by atoms with Crippen LogP contribution in [-0.2, 0) is 6.42 Å². The Hall–Kier alpha value is -2.09. The first-order chi connectivity index (χ1) is 9.60. The van der Waals surface area contributed by atoms with Gasteiger partial charge in [-0.05, 0) is 43.2 Å². The third-order valence-electron chi connectivity index (χ3n) is 3.56. The van der Waals surface area contributed by atoms with E-state index < -0.39 is 0 Å². The van der Waals surface area contributed by atoms with E-state index in [-0.39, 0.29) is 0 Å². The zero-order chi connectivity index (χ0) is 14.5. The fraction of sp³-hybridized carbons (Fsp3) is 0.278. The second kappa shape index (κ2) is 6.38. The van der Waals surface area contributed by atoms with Crippen LogP contribution in [0.15, 0.2) is 54.9 Å². The van der Waals surface area contributed by atoms with Crippen molar-refractivity contribution in [3.63, 3.8) is 0 Å². The molecule has 0 unspecified atom stereocenters. The molecule has 1 aromatic heterocycles. The molecule has 0 aliphatic heterocycles. The molecule has 0 N–H and O–H groups in total. The summed E-state index contributed by atoms with van der Waals surface area (Å²) in [6.45, 7) is 9.36. The first kappa shape index (κ1) is 14.3. The van der Waals surface area contributed by atoms with Crippen molar-refractivity contribution in [3.8, 4) is 11.3 Å². The molecule has 0 saturated heterocycles. The molecule has 0 bridgehead atoms.